The minimum atomic E-state index is -0.955. The average molecular weight is 278 g/mol. The maximum atomic E-state index is 11.9. The van der Waals surface area contributed by atoms with E-state index in [9.17, 15) is 9.59 Å². The van der Waals surface area contributed by atoms with E-state index in [0.717, 1.165) is 18.5 Å². The van der Waals surface area contributed by atoms with Crippen LogP contribution in [0, 0.1) is 0 Å². The van der Waals surface area contributed by atoms with Crippen LogP contribution in [0.15, 0.2) is 30.3 Å². The zero-order valence-corrected chi connectivity index (χ0v) is 12.0. The number of anilines is 1. The molecule has 0 fully saturated rings. The first kappa shape index (κ1) is 16.0. The zero-order chi connectivity index (χ0) is 15.0. The standard InChI is InChI=1S/C15H22N2O3/c1-3-7-12(2)16-14(18)10-17(11-15(19)20)13-8-5-4-6-9-13/h4-6,8-9,12H,3,7,10-11H2,1-2H3,(H,16,18)(H,19,20). The van der Waals surface area contributed by atoms with Crippen molar-refractivity contribution in [3.63, 3.8) is 0 Å². The Labute approximate surface area is 119 Å². The second-order valence-electron chi connectivity index (χ2n) is 4.84. The fourth-order valence-corrected chi connectivity index (χ4v) is 2.04. The maximum Gasteiger partial charge on any atom is 0.323 e. The molecule has 110 valence electrons. The number of hydrogen-bond donors (Lipinski definition) is 2. The molecule has 0 heterocycles. The third-order valence-electron chi connectivity index (χ3n) is 2.91. The number of benzene rings is 1. The number of aliphatic carboxylic acids is 1. The van der Waals surface area contributed by atoms with Crippen LogP contribution in [-0.4, -0.2) is 36.1 Å². The predicted octanol–water partition coefficient (Wildman–Crippen LogP) is 1.88. The van der Waals surface area contributed by atoms with Crippen molar-refractivity contribution in [3.05, 3.63) is 30.3 Å². The second kappa shape index (κ2) is 8.19. The smallest absolute Gasteiger partial charge is 0.323 e. The van der Waals surface area contributed by atoms with Gasteiger partial charge in [0.05, 0.1) is 6.54 Å². The first-order chi connectivity index (χ1) is 9.52. The Morgan fingerprint density at radius 2 is 1.90 bits per heavy atom. The summed E-state index contributed by atoms with van der Waals surface area (Å²) in [5.74, 6) is -1.11. The van der Waals surface area contributed by atoms with Crippen molar-refractivity contribution in [2.75, 3.05) is 18.0 Å². The van der Waals surface area contributed by atoms with Crippen molar-refractivity contribution in [3.8, 4) is 0 Å². The van der Waals surface area contributed by atoms with E-state index in [4.69, 9.17) is 5.11 Å². The Balaban J connectivity index is 2.66. The lowest BCUT2D eigenvalue weighted by molar-refractivity contribution is -0.135. The van der Waals surface area contributed by atoms with Crippen molar-refractivity contribution in [2.45, 2.75) is 32.7 Å². The first-order valence-electron chi connectivity index (χ1n) is 6.84. The summed E-state index contributed by atoms with van der Waals surface area (Å²) in [6.07, 6.45) is 1.91. The van der Waals surface area contributed by atoms with Crippen LogP contribution in [0.1, 0.15) is 26.7 Å². The summed E-state index contributed by atoms with van der Waals surface area (Å²) in [6.45, 7) is 3.86. The molecule has 2 N–H and O–H groups in total. The molecule has 0 aliphatic carbocycles. The minimum absolute atomic E-state index is 0.0460. The van der Waals surface area contributed by atoms with Crippen LogP contribution in [0.4, 0.5) is 5.69 Å². The van der Waals surface area contributed by atoms with Crippen LogP contribution in [0.25, 0.3) is 0 Å². The van der Waals surface area contributed by atoms with Crippen LogP contribution >= 0.6 is 0 Å². The van der Waals surface area contributed by atoms with Gasteiger partial charge in [-0.15, -0.1) is 0 Å². The number of nitrogens with one attached hydrogen (secondary N) is 1. The van der Waals surface area contributed by atoms with Crippen molar-refractivity contribution in [1.29, 1.82) is 0 Å². The number of carbonyl (C=O) groups excluding carboxylic acids is 1. The largest absolute Gasteiger partial charge is 0.480 e. The van der Waals surface area contributed by atoms with Gasteiger partial charge in [-0.05, 0) is 25.5 Å². The molecule has 0 saturated carbocycles. The third kappa shape index (κ3) is 5.73. The molecule has 0 saturated heterocycles. The summed E-state index contributed by atoms with van der Waals surface area (Å²) in [7, 11) is 0. The van der Waals surface area contributed by atoms with E-state index in [1.165, 1.54) is 0 Å². The van der Waals surface area contributed by atoms with Gasteiger partial charge in [-0.2, -0.15) is 0 Å². The number of rotatable bonds is 8. The lowest BCUT2D eigenvalue weighted by atomic mass is 10.2. The van der Waals surface area contributed by atoms with Crippen molar-refractivity contribution in [1.82, 2.24) is 5.32 Å². The molecular weight excluding hydrogens is 256 g/mol. The molecule has 0 aliphatic heterocycles. The maximum absolute atomic E-state index is 11.9. The van der Waals surface area contributed by atoms with Crippen molar-refractivity contribution in [2.24, 2.45) is 0 Å². The average Bonchev–Trinajstić information content (AvgIpc) is 2.38. The number of para-hydroxylation sites is 1. The molecule has 1 rings (SSSR count). The molecule has 0 aromatic heterocycles. The Hall–Kier alpha value is -2.04. The molecule has 0 bridgehead atoms. The second-order valence-corrected chi connectivity index (χ2v) is 4.84. The normalized spacial score (nSPS) is 11.7. The number of carboxylic acids is 1. The van der Waals surface area contributed by atoms with E-state index in [0.29, 0.717) is 0 Å². The third-order valence-corrected chi connectivity index (χ3v) is 2.91. The van der Waals surface area contributed by atoms with Gasteiger partial charge in [-0.25, -0.2) is 0 Å². The molecule has 1 atom stereocenters. The number of carboxylic acid groups (broad SMARTS) is 1. The monoisotopic (exact) mass is 278 g/mol. The molecule has 0 radical (unpaired) electrons. The fraction of sp³-hybridized carbons (Fsp3) is 0.467. The lowest BCUT2D eigenvalue weighted by Gasteiger charge is -2.23. The van der Waals surface area contributed by atoms with E-state index in [1.54, 1.807) is 17.0 Å². The van der Waals surface area contributed by atoms with Gasteiger partial charge in [0, 0.05) is 11.7 Å². The molecule has 1 amide bonds. The van der Waals surface area contributed by atoms with Crippen LogP contribution < -0.4 is 10.2 Å². The number of carbonyl (C=O) groups is 2. The van der Waals surface area contributed by atoms with Gasteiger partial charge in [0.1, 0.15) is 6.54 Å². The SMILES string of the molecule is CCCC(C)NC(=O)CN(CC(=O)O)c1ccccc1. The Morgan fingerprint density at radius 3 is 2.45 bits per heavy atom. The highest BCUT2D eigenvalue weighted by molar-refractivity contribution is 5.84. The number of hydrogen-bond acceptors (Lipinski definition) is 3. The van der Waals surface area contributed by atoms with E-state index < -0.39 is 5.97 Å². The summed E-state index contributed by atoms with van der Waals surface area (Å²) in [4.78, 5) is 24.4. The Bertz CT molecular complexity index is 434. The van der Waals surface area contributed by atoms with Crippen molar-refractivity contribution < 1.29 is 14.7 Å². The van der Waals surface area contributed by atoms with Crippen LogP contribution in [-0.2, 0) is 9.59 Å². The Morgan fingerprint density at radius 1 is 1.25 bits per heavy atom. The van der Waals surface area contributed by atoms with Crippen LogP contribution in [0.5, 0.6) is 0 Å². The van der Waals surface area contributed by atoms with Gasteiger partial charge in [0.15, 0.2) is 0 Å². The van der Waals surface area contributed by atoms with E-state index in [2.05, 4.69) is 12.2 Å². The number of amides is 1. The van der Waals surface area contributed by atoms with E-state index >= 15 is 0 Å². The van der Waals surface area contributed by atoms with Gasteiger partial charge in [0.25, 0.3) is 0 Å². The molecule has 20 heavy (non-hydrogen) atoms. The van der Waals surface area contributed by atoms with Gasteiger partial charge in [0.2, 0.25) is 5.91 Å². The molecule has 1 aromatic carbocycles. The molecule has 5 nitrogen and oxygen atoms in total. The topological polar surface area (TPSA) is 69.6 Å². The summed E-state index contributed by atoms with van der Waals surface area (Å²) in [5.41, 5.74) is 0.730. The zero-order valence-electron chi connectivity index (χ0n) is 12.0. The molecular formula is C15H22N2O3. The van der Waals surface area contributed by atoms with Crippen LogP contribution in [0.2, 0.25) is 0 Å². The van der Waals surface area contributed by atoms with Gasteiger partial charge < -0.3 is 15.3 Å². The Kier molecular flexibility index (Phi) is 6.56. The molecule has 1 unspecified atom stereocenters. The highest BCUT2D eigenvalue weighted by Crippen LogP contribution is 2.12. The predicted molar refractivity (Wildman–Crippen MR) is 78.8 cm³/mol. The molecule has 1 aromatic rings. The quantitative estimate of drug-likeness (QED) is 0.762. The minimum Gasteiger partial charge on any atom is -0.480 e. The highest BCUT2D eigenvalue weighted by Gasteiger charge is 2.15. The van der Waals surface area contributed by atoms with E-state index in [-0.39, 0.29) is 25.0 Å². The molecule has 5 heteroatoms. The van der Waals surface area contributed by atoms with Gasteiger partial charge in [-0.1, -0.05) is 31.5 Å². The van der Waals surface area contributed by atoms with Gasteiger partial charge >= 0.3 is 5.97 Å². The highest BCUT2D eigenvalue weighted by atomic mass is 16.4. The molecule has 0 aliphatic rings. The summed E-state index contributed by atoms with van der Waals surface area (Å²) < 4.78 is 0. The lowest BCUT2D eigenvalue weighted by Crippen LogP contribution is -2.42. The summed E-state index contributed by atoms with van der Waals surface area (Å²) >= 11 is 0. The van der Waals surface area contributed by atoms with Crippen molar-refractivity contribution >= 4 is 17.6 Å². The summed E-state index contributed by atoms with van der Waals surface area (Å²) in [6, 6.07) is 9.20. The first-order valence-corrected chi connectivity index (χ1v) is 6.84. The number of nitrogens with zero attached hydrogens (tertiary/aromatic N) is 1. The van der Waals surface area contributed by atoms with Gasteiger partial charge in [-0.3, -0.25) is 9.59 Å². The molecule has 0 spiro atoms. The van der Waals surface area contributed by atoms with Crippen LogP contribution in [0.3, 0.4) is 0 Å². The van der Waals surface area contributed by atoms with E-state index in [1.807, 2.05) is 25.1 Å². The fourth-order valence-electron chi connectivity index (χ4n) is 2.04. The summed E-state index contributed by atoms with van der Waals surface area (Å²) in [5, 5.41) is 11.8.